The molecular weight excluding hydrogens is 246 g/mol. The van der Waals surface area contributed by atoms with Crippen molar-refractivity contribution >= 4 is 11.4 Å². The molecule has 0 bridgehead atoms. The first-order valence-corrected chi connectivity index (χ1v) is 6.20. The number of nitrogens with two attached hydrogens (primary N) is 1. The summed E-state index contributed by atoms with van der Waals surface area (Å²) in [6.07, 6.45) is 0.889. The monoisotopic (exact) mass is 260 g/mol. The molecule has 0 unspecified atom stereocenters. The molecule has 98 valence electrons. The van der Waals surface area contributed by atoms with Crippen molar-refractivity contribution in [2.24, 2.45) is 0 Å². The van der Waals surface area contributed by atoms with Gasteiger partial charge in [0.15, 0.2) is 0 Å². The molecule has 2 aromatic rings. The van der Waals surface area contributed by atoms with Crippen LogP contribution in [0.15, 0.2) is 36.4 Å². The molecule has 0 fully saturated rings. The maximum atomic E-state index is 13.3. The Labute approximate surface area is 110 Å². The van der Waals surface area contributed by atoms with Gasteiger partial charge in [-0.05, 0) is 47.9 Å². The highest BCUT2D eigenvalue weighted by molar-refractivity contribution is 5.58. The molecule has 0 spiro atoms. The lowest BCUT2D eigenvalue weighted by molar-refractivity contribution is 0.624. The van der Waals surface area contributed by atoms with Crippen LogP contribution in [-0.2, 0) is 13.0 Å². The predicted octanol–water partition coefficient (Wildman–Crippen LogP) is 3.11. The minimum Gasteiger partial charge on any atom is -0.399 e. The highest BCUT2D eigenvalue weighted by Gasteiger charge is 2.19. The van der Waals surface area contributed by atoms with Crippen LogP contribution in [-0.4, -0.2) is 6.54 Å². The van der Waals surface area contributed by atoms with Crippen molar-refractivity contribution in [3.63, 3.8) is 0 Å². The van der Waals surface area contributed by atoms with Gasteiger partial charge in [0.1, 0.15) is 11.6 Å². The number of nitrogen functional groups attached to an aromatic ring is 1. The Morgan fingerprint density at radius 2 is 1.89 bits per heavy atom. The Kier molecular flexibility index (Phi) is 2.85. The van der Waals surface area contributed by atoms with Crippen LogP contribution in [0.5, 0.6) is 0 Å². The van der Waals surface area contributed by atoms with E-state index in [1.165, 1.54) is 24.3 Å². The van der Waals surface area contributed by atoms with Crippen molar-refractivity contribution < 1.29 is 8.78 Å². The van der Waals surface area contributed by atoms with E-state index in [0.29, 0.717) is 12.2 Å². The Bertz CT molecular complexity index is 605. The predicted molar refractivity (Wildman–Crippen MR) is 72.0 cm³/mol. The first-order valence-electron chi connectivity index (χ1n) is 6.20. The molecule has 0 saturated heterocycles. The van der Waals surface area contributed by atoms with Crippen LogP contribution in [0.2, 0.25) is 0 Å². The molecule has 2 nitrogen and oxygen atoms in total. The molecule has 0 atom stereocenters. The van der Waals surface area contributed by atoms with Crippen molar-refractivity contribution in [2.75, 3.05) is 17.2 Å². The fourth-order valence-electron chi connectivity index (χ4n) is 2.57. The third-order valence-corrected chi connectivity index (χ3v) is 3.39. The Balaban J connectivity index is 1.88. The number of hydrogen-bond acceptors (Lipinski definition) is 2. The molecule has 0 amide bonds. The Morgan fingerprint density at radius 3 is 2.68 bits per heavy atom. The van der Waals surface area contributed by atoms with E-state index in [0.717, 1.165) is 29.8 Å². The van der Waals surface area contributed by atoms with E-state index in [2.05, 4.69) is 0 Å². The third-order valence-electron chi connectivity index (χ3n) is 3.39. The first kappa shape index (κ1) is 12.0. The minimum atomic E-state index is -0.339. The van der Waals surface area contributed by atoms with Crippen molar-refractivity contribution in [3.05, 3.63) is 59.2 Å². The second-order valence-electron chi connectivity index (χ2n) is 4.84. The summed E-state index contributed by atoms with van der Waals surface area (Å²) >= 11 is 0. The summed E-state index contributed by atoms with van der Waals surface area (Å²) in [5.74, 6) is -0.585. The number of fused-ring (bicyclic) bond motifs is 1. The van der Waals surface area contributed by atoms with Gasteiger partial charge < -0.3 is 10.6 Å². The average molecular weight is 260 g/mol. The molecule has 19 heavy (non-hydrogen) atoms. The largest absolute Gasteiger partial charge is 0.399 e. The van der Waals surface area contributed by atoms with E-state index in [-0.39, 0.29) is 11.6 Å². The first-order chi connectivity index (χ1) is 9.11. The normalized spacial score (nSPS) is 13.7. The quantitative estimate of drug-likeness (QED) is 0.841. The zero-order chi connectivity index (χ0) is 13.4. The van der Waals surface area contributed by atoms with Gasteiger partial charge in [0.2, 0.25) is 0 Å². The number of nitrogens with zero attached hydrogens (tertiary/aromatic N) is 1. The Morgan fingerprint density at radius 1 is 1.05 bits per heavy atom. The van der Waals surface area contributed by atoms with Gasteiger partial charge in [-0.15, -0.1) is 0 Å². The molecular formula is C15H14F2N2. The lowest BCUT2D eigenvalue weighted by atomic mass is 10.1. The SMILES string of the molecule is Nc1cc(F)cc(CN2CCc3ccc(F)cc32)c1. The van der Waals surface area contributed by atoms with Gasteiger partial charge in [-0.2, -0.15) is 0 Å². The fourth-order valence-corrected chi connectivity index (χ4v) is 2.57. The third kappa shape index (κ3) is 2.38. The highest BCUT2D eigenvalue weighted by atomic mass is 19.1. The Hall–Kier alpha value is -2.10. The summed E-state index contributed by atoms with van der Waals surface area (Å²) in [5.41, 5.74) is 8.87. The van der Waals surface area contributed by atoms with Gasteiger partial charge in [-0.3, -0.25) is 0 Å². The van der Waals surface area contributed by atoms with Crippen LogP contribution in [0.1, 0.15) is 11.1 Å². The molecule has 1 heterocycles. The molecule has 0 radical (unpaired) electrons. The minimum absolute atomic E-state index is 0.246. The smallest absolute Gasteiger partial charge is 0.125 e. The highest BCUT2D eigenvalue weighted by Crippen LogP contribution is 2.30. The number of anilines is 2. The van der Waals surface area contributed by atoms with E-state index in [1.807, 2.05) is 11.0 Å². The molecule has 1 aliphatic rings. The lowest BCUT2D eigenvalue weighted by Crippen LogP contribution is -2.19. The zero-order valence-electron chi connectivity index (χ0n) is 10.4. The van der Waals surface area contributed by atoms with Crippen molar-refractivity contribution in [1.29, 1.82) is 0 Å². The average Bonchev–Trinajstić information content (AvgIpc) is 2.70. The van der Waals surface area contributed by atoms with E-state index in [4.69, 9.17) is 5.73 Å². The maximum absolute atomic E-state index is 13.3. The number of benzene rings is 2. The number of hydrogen-bond donors (Lipinski definition) is 1. The summed E-state index contributed by atoms with van der Waals surface area (Å²) in [6.45, 7) is 1.35. The molecule has 2 N–H and O–H groups in total. The molecule has 4 heteroatoms. The maximum Gasteiger partial charge on any atom is 0.125 e. The summed E-state index contributed by atoms with van der Waals surface area (Å²) in [6, 6.07) is 9.33. The standard InChI is InChI=1S/C15H14F2N2/c16-12-2-1-11-3-4-19(15(11)8-12)9-10-5-13(17)7-14(18)6-10/h1-2,5-8H,3-4,9,18H2. The number of halogens is 2. The number of rotatable bonds is 2. The van der Waals surface area contributed by atoms with Crippen molar-refractivity contribution in [2.45, 2.75) is 13.0 Å². The van der Waals surface area contributed by atoms with Gasteiger partial charge in [0.05, 0.1) is 0 Å². The molecule has 2 aromatic carbocycles. The molecule has 3 rings (SSSR count). The van der Waals surface area contributed by atoms with Gasteiger partial charge in [-0.1, -0.05) is 6.07 Å². The topological polar surface area (TPSA) is 29.3 Å². The zero-order valence-corrected chi connectivity index (χ0v) is 10.4. The summed E-state index contributed by atoms with van der Waals surface area (Å²) in [4.78, 5) is 2.05. The van der Waals surface area contributed by atoms with E-state index in [1.54, 1.807) is 6.07 Å². The summed E-state index contributed by atoms with van der Waals surface area (Å²) in [7, 11) is 0. The van der Waals surface area contributed by atoms with Gasteiger partial charge >= 0.3 is 0 Å². The summed E-state index contributed by atoms with van der Waals surface area (Å²) in [5, 5.41) is 0. The fraction of sp³-hybridized carbons (Fsp3) is 0.200. The van der Waals surface area contributed by atoms with E-state index < -0.39 is 0 Å². The van der Waals surface area contributed by atoms with Crippen molar-refractivity contribution in [1.82, 2.24) is 0 Å². The molecule has 0 saturated carbocycles. The molecule has 1 aliphatic heterocycles. The molecule has 0 aliphatic carbocycles. The van der Waals surface area contributed by atoms with Crippen LogP contribution >= 0.6 is 0 Å². The van der Waals surface area contributed by atoms with Crippen molar-refractivity contribution in [3.8, 4) is 0 Å². The second kappa shape index (κ2) is 4.53. The summed E-state index contributed by atoms with van der Waals surface area (Å²) < 4.78 is 26.6. The lowest BCUT2D eigenvalue weighted by Gasteiger charge is -2.19. The van der Waals surface area contributed by atoms with E-state index in [9.17, 15) is 8.78 Å². The van der Waals surface area contributed by atoms with Crippen LogP contribution < -0.4 is 10.6 Å². The van der Waals surface area contributed by atoms with Crippen LogP contribution in [0, 0.1) is 11.6 Å². The second-order valence-corrected chi connectivity index (χ2v) is 4.84. The van der Waals surface area contributed by atoms with Crippen LogP contribution in [0.25, 0.3) is 0 Å². The molecule has 0 aromatic heterocycles. The van der Waals surface area contributed by atoms with Gasteiger partial charge in [-0.25, -0.2) is 8.78 Å². The van der Waals surface area contributed by atoms with Gasteiger partial charge in [0.25, 0.3) is 0 Å². The van der Waals surface area contributed by atoms with Gasteiger partial charge in [0, 0.05) is 24.5 Å². The van der Waals surface area contributed by atoms with Crippen LogP contribution in [0.3, 0.4) is 0 Å². The van der Waals surface area contributed by atoms with Crippen LogP contribution in [0.4, 0.5) is 20.2 Å². The van der Waals surface area contributed by atoms with E-state index >= 15 is 0 Å².